The Bertz CT molecular complexity index is 3500. The van der Waals surface area contributed by atoms with Gasteiger partial charge in [0, 0.05) is 55.6 Å². The van der Waals surface area contributed by atoms with E-state index in [1.807, 2.05) is 0 Å². The van der Waals surface area contributed by atoms with E-state index in [-0.39, 0.29) is 0 Å². The molecule has 5 heteroatoms. The Morgan fingerprint density at radius 1 is 0.411 bits per heavy atom. The molecule has 0 aliphatic heterocycles. The third kappa shape index (κ3) is 4.81. The van der Waals surface area contributed by atoms with Gasteiger partial charge in [-0.05, 0) is 87.9 Å². The van der Waals surface area contributed by atoms with E-state index < -0.39 is 0 Å². The minimum Gasteiger partial charge on any atom is -0.456 e. The molecule has 12 aromatic rings. The van der Waals surface area contributed by atoms with Gasteiger partial charge in [0.1, 0.15) is 27.3 Å². The molecule has 0 aliphatic rings. The molecular weight excluding hydrogens is 705 g/mol. The number of rotatable bonds is 5. The first-order chi connectivity index (χ1) is 27.7. The zero-order valence-corrected chi connectivity index (χ0v) is 30.8. The summed E-state index contributed by atoms with van der Waals surface area (Å²) in [6.45, 7) is 0. The van der Waals surface area contributed by atoms with E-state index in [2.05, 4.69) is 187 Å². The lowest BCUT2D eigenvalue weighted by Gasteiger charge is -2.26. The monoisotopic (exact) mass is 734 g/mol. The first-order valence-corrected chi connectivity index (χ1v) is 19.6. The molecule has 3 heterocycles. The van der Waals surface area contributed by atoms with Crippen LogP contribution in [0.4, 0.5) is 17.1 Å². The molecule has 56 heavy (non-hydrogen) atoms. The van der Waals surface area contributed by atoms with Crippen LogP contribution in [0.15, 0.2) is 191 Å². The standard InChI is InChI=1S/C51H30N2O2S/c1-2-10-31(11-3-1)34-14-8-15-35(28-34)53(36-23-26-43-42(29-36)48-38-16-6-4-12-32(38)20-25-45(48)54-43)37-22-24-40-46(30-37)55-44-19-9-18-41(49(40)44)51-52-50-39-17-7-5-13-33(39)21-27-47(50)56-51/h1-30H. The van der Waals surface area contributed by atoms with Gasteiger partial charge in [-0.25, -0.2) is 4.98 Å². The minimum atomic E-state index is 0.821. The molecule has 12 rings (SSSR count). The minimum absolute atomic E-state index is 0.821. The highest BCUT2D eigenvalue weighted by molar-refractivity contribution is 7.21. The molecule has 0 radical (unpaired) electrons. The number of benzene rings is 9. The third-order valence-electron chi connectivity index (χ3n) is 11.1. The maximum Gasteiger partial charge on any atom is 0.137 e. The number of hydrogen-bond donors (Lipinski definition) is 0. The lowest BCUT2D eigenvalue weighted by Crippen LogP contribution is -2.10. The van der Waals surface area contributed by atoms with Crippen LogP contribution in [-0.2, 0) is 0 Å². The normalized spacial score (nSPS) is 11.9. The molecular formula is C51H30N2O2S. The van der Waals surface area contributed by atoms with Crippen molar-refractivity contribution in [2.45, 2.75) is 0 Å². The molecule has 0 bridgehead atoms. The molecule has 0 unspecified atom stereocenters. The average molecular weight is 735 g/mol. The highest BCUT2D eigenvalue weighted by Gasteiger charge is 2.21. The Kier molecular flexibility index (Phi) is 6.76. The van der Waals surface area contributed by atoms with Crippen LogP contribution < -0.4 is 4.90 Å². The maximum absolute atomic E-state index is 6.71. The van der Waals surface area contributed by atoms with E-state index in [9.17, 15) is 0 Å². The van der Waals surface area contributed by atoms with Crippen LogP contribution in [0.2, 0.25) is 0 Å². The lowest BCUT2D eigenvalue weighted by atomic mass is 10.0. The van der Waals surface area contributed by atoms with Crippen molar-refractivity contribution in [1.29, 1.82) is 0 Å². The second-order valence-electron chi connectivity index (χ2n) is 14.3. The van der Waals surface area contributed by atoms with Gasteiger partial charge in [0.05, 0.1) is 10.2 Å². The van der Waals surface area contributed by atoms with Crippen molar-refractivity contribution in [1.82, 2.24) is 4.98 Å². The van der Waals surface area contributed by atoms with Crippen LogP contribution in [0.3, 0.4) is 0 Å². The third-order valence-corrected chi connectivity index (χ3v) is 12.1. The zero-order chi connectivity index (χ0) is 36.7. The van der Waals surface area contributed by atoms with Gasteiger partial charge < -0.3 is 13.7 Å². The molecule has 0 saturated carbocycles. The maximum atomic E-state index is 6.71. The summed E-state index contributed by atoms with van der Waals surface area (Å²) in [7, 11) is 0. The summed E-state index contributed by atoms with van der Waals surface area (Å²) in [6.07, 6.45) is 0. The van der Waals surface area contributed by atoms with Gasteiger partial charge in [-0.1, -0.05) is 115 Å². The summed E-state index contributed by atoms with van der Waals surface area (Å²) >= 11 is 1.73. The molecule has 0 spiro atoms. The zero-order valence-electron chi connectivity index (χ0n) is 29.9. The van der Waals surface area contributed by atoms with Crippen molar-refractivity contribution in [3.05, 3.63) is 182 Å². The number of aromatic nitrogens is 1. The highest BCUT2D eigenvalue weighted by Crippen LogP contribution is 2.45. The number of furan rings is 2. The molecule has 3 aromatic heterocycles. The molecule has 262 valence electrons. The number of thiazole rings is 1. The SMILES string of the molecule is c1ccc(-c2cccc(N(c3ccc4c(c3)oc3cccc(-c5nc6c(ccc7ccccc76)s5)c34)c3ccc4oc5ccc6ccccc6c5c4c3)c2)cc1. The Morgan fingerprint density at radius 3 is 2.00 bits per heavy atom. The van der Waals surface area contributed by atoms with Crippen molar-refractivity contribution in [3.63, 3.8) is 0 Å². The predicted octanol–water partition coefficient (Wildman–Crippen LogP) is 15.2. The molecule has 0 N–H and O–H groups in total. The van der Waals surface area contributed by atoms with Crippen LogP contribution in [0, 0.1) is 0 Å². The molecule has 9 aromatic carbocycles. The first-order valence-electron chi connectivity index (χ1n) is 18.8. The molecule has 0 atom stereocenters. The van der Waals surface area contributed by atoms with Gasteiger partial charge in [0.25, 0.3) is 0 Å². The summed E-state index contributed by atoms with van der Waals surface area (Å²) in [5.41, 5.74) is 10.9. The average Bonchev–Trinajstić information content (AvgIpc) is 3.98. The molecule has 4 nitrogen and oxygen atoms in total. The number of nitrogens with zero attached hydrogens (tertiary/aromatic N) is 2. The van der Waals surface area contributed by atoms with Crippen molar-refractivity contribution in [2.24, 2.45) is 0 Å². The van der Waals surface area contributed by atoms with Crippen LogP contribution in [0.1, 0.15) is 0 Å². The van der Waals surface area contributed by atoms with Crippen molar-refractivity contribution in [2.75, 3.05) is 4.90 Å². The Balaban J connectivity index is 1.06. The quantitative estimate of drug-likeness (QED) is 0.177. The molecule has 0 saturated heterocycles. The van der Waals surface area contributed by atoms with Crippen LogP contribution in [0.5, 0.6) is 0 Å². The second kappa shape index (κ2) is 12.2. The summed E-state index contributed by atoms with van der Waals surface area (Å²) in [6, 6.07) is 64.3. The van der Waals surface area contributed by atoms with Gasteiger partial charge in [0.15, 0.2) is 0 Å². The lowest BCUT2D eigenvalue weighted by molar-refractivity contribution is 0.668. The summed E-state index contributed by atoms with van der Waals surface area (Å²) in [5, 5.41) is 10.1. The fourth-order valence-electron chi connectivity index (χ4n) is 8.48. The van der Waals surface area contributed by atoms with E-state index in [0.29, 0.717) is 0 Å². The van der Waals surface area contributed by atoms with Crippen LogP contribution in [0.25, 0.3) is 97.3 Å². The summed E-state index contributed by atoms with van der Waals surface area (Å²) < 4.78 is 14.3. The first kappa shape index (κ1) is 31.2. The molecule has 0 fully saturated rings. The van der Waals surface area contributed by atoms with E-state index in [1.54, 1.807) is 11.3 Å². The Morgan fingerprint density at radius 2 is 1.09 bits per heavy atom. The van der Waals surface area contributed by atoms with E-state index in [4.69, 9.17) is 13.8 Å². The predicted molar refractivity (Wildman–Crippen MR) is 235 cm³/mol. The fraction of sp³-hybridized carbons (Fsp3) is 0. The van der Waals surface area contributed by atoms with Gasteiger partial charge in [0.2, 0.25) is 0 Å². The van der Waals surface area contributed by atoms with Crippen molar-refractivity contribution in [3.8, 4) is 21.7 Å². The van der Waals surface area contributed by atoms with E-state index in [0.717, 1.165) is 82.6 Å². The van der Waals surface area contributed by atoms with Gasteiger partial charge in [-0.3, -0.25) is 0 Å². The number of hydrogen-bond acceptors (Lipinski definition) is 5. The van der Waals surface area contributed by atoms with E-state index in [1.165, 1.54) is 31.8 Å². The van der Waals surface area contributed by atoms with E-state index >= 15 is 0 Å². The molecule has 0 aliphatic carbocycles. The van der Waals surface area contributed by atoms with Gasteiger partial charge >= 0.3 is 0 Å². The number of anilines is 3. The topological polar surface area (TPSA) is 42.4 Å². The van der Waals surface area contributed by atoms with Crippen LogP contribution >= 0.6 is 11.3 Å². The summed E-state index contributed by atoms with van der Waals surface area (Å²) in [4.78, 5) is 7.55. The van der Waals surface area contributed by atoms with Crippen LogP contribution in [-0.4, -0.2) is 4.98 Å². The number of fused-ring (bicyclic) bond motifs is 11. The van der Waals surface area contributed by atoms with Gasteiger partial charge in [-0.2, -0.15) is 0 Å². The van der Waals surface area contributed by atoms with Gasteiger partial charge in [-0.15, -0.1) is 11.3 Å². The Hall–Kier alpha value is -7.21. The van der Waals surface area contributed by atoms with Crippen molar-refractivity contribution < 1.29 is 8.83 Å². The fourth-order valence-corrected chi connectivity index (χ4v) is 9.50. The molecule has 0 amide bonds. The summed E-state index contributed by atoms with van der Waals surface area (Å²) in [5.74, 6) is 0. The largest absolute Gasteiger partial charge is 0.456 e. The smallest absolute Gasteiger partial charge is 0.137 e. The highest BCUT2D eigenvalue weighted by atomic mass is 32.1. The second-order valence-corrected chi connectivity index (χ2v) is 15.3. The Labute approximate surface area is 325 Å². The van der Waals surface area contributed by atoms with Crippen molar-refractivity contribution >= 4 is 104 Å².